The number of halogens is 1. The molecule has 82 valence electrons. The van der Waals surface area contributed by atoms with E-state index in [0.717, 1.165) is 17.3 Å². The Hall–Kier alpha value is -1.52. The van der Waals surface area contributed by atoms with Crippen molar-refractivity contribution in [1.29, 1.82) is 0 Å². The number of nitrogens with zero attached hydrogens (tertiary/aromatic N) is 2. The number of nitrogens with one attached hydrogen (secondary N) is 1. The molecule has 0 bridgehead atoms. The van der Waals surface area contributed by atoms with E-state index in [2.05, 4.69) is 9.82 Å². The van der Waals surface area contributed by atoms with Gasteiger partial charge < -0.3 is 4.74 Å². The molecule has 3 rings (SSSR count). The molecule has 1 aliphatic heterocycles. The zero-order valence-corrected chi connectivity index (χ0v) is 9.19. The first kappa shape index (κ1) is 9.69. The highest BCUT2D eigenvalue weighted by atomic mass is 35.5. The van der Waals surface area contributed by atoms with Crippen LogP contribution in [0.25, 0.3) is 5.69 Å². The molecule has 0 saturated heterocycles. The monoisotopic (exact) mass is 235 g/mol. The Labute approximate surface area is 97.9 Å². The van der Waals surface area contributed by atoms with Crippen LogP contribution in [0.5, 0.6) is 5.75 Å². The highest BCUT2D eigenvalue weighted by Gasteiger charge is 2.23. The summed E-state index contributed by atoms with van der Waals surface area (Å²) in [6.07, 6.45) is 3.67. The van der Waals surface area contributed by atoms with Gasteiger partial charge in [0.05, 0.1) is 5.69 Å². The highest BCUT2D eigenvalue weighted by molar-refractivity contribution is 6.13. The second-order valence-electron chi connectivity index (χ2n) is 3.60. The molecule has 1 aromatic heterocycles. The lowest BCUT2D eigenvalue weighted by Crippen LogP contribution is -2.20. The topological polar surface area (TPSA) is 39.1 Å². The molecular formula is C11H10ClN3O. The Bertz CT molecular complexity index is 511. The maximum Gasteiger partial charge on any atom is 0.143 e. The van der Waals surface area contributed by atoms with Crippen molar-refractivity contribution in [3.05, 3.63) is 42.5 Å². The van der Waals surface area contributed by atoms with Crippen molar-refractivity contribution in [2.24, 2.45) is 0 Å². The van der Waals surface area contributed by atoms with Gasteiger partial charge in [-0.2, -0.15) is 0 Å². The van der Waals surface area contributed by atoms with Crippen LogP contribution in [0.3, 0.4) is 0 Å². The van der Waals surface area contributed by atoms with Crippen LogP contribution in [0.15, 0.2) is 36.7 Å². The van der Waals surface area contributed by atoms with Crippen LogP contribution in [0.1, 0.15) is 11.9 Å². The molecule has 0 aliphatic carbocycles. The van der Waals surface area contributed by atoms with E-state index in [-0.39, 0.29) is 6.04 Å². The minimum atomic E-state index is -0.107. The summed E-state index contributed by atoms with van der Waals surface area (Å²) in [5.74, 6) is 1.70. The molecule has 1 aliphatic rings. The van der Waals surface area contributed by atoms with Crippen molar-refractivity contribution in [2.45, 2.75) is 6.04 Å². The molecule has 2 heterocycles. The van der Waals surface area contributed by atoms with Crippen LogP contribution in [-0.2, 0) is 0 Å². The summed E-state index contributed by atoms with van der Waals surface area (Å²) < 4.78 is 7.67. The third-order valence-electron chi connectivity index (χ3n) is 2.64. The van der Waals surface area contributed by atoms with Crippen LogP contribution < -0.4 is 9.57 Å². The van der Waals surface area contributed by atoms with E-state index in [9.17, 15) is 0 Å². The minimum absolute atomic E-state index is 0.107. The van der Waals surface area contributed by atoms with Crippen molar-refractivity contribution in [1.82, 2.24) is 14.4 Å². The number of ether oxygens (including phenoxy) is 1. The van der Waals surface area contributed by atoms with Gasteiger partial charge in [0.25, 0.3) is 0 Å². The first-order chi connectivity index (χ1) is 7.90. The van der Waals surface area contributed by atoms with Gasteiger partial charge in [0.2, 0.25) is 0 Å². The zero-order chi connectivity index (χ0) is 11.0. The third kappa shape index (κ3) is 1.38. The van der Waals surface area contributed by atoms with Crippen LogP contribution in [-0.4, -0.2) is 16.2 Å². The summed E-state index contributed by atoms with van der Waals surface area (Å²) in [7, 11) is 0. The molecule has 0 fully saturated rings. The zero-order valence-electron chi connectivity index (χ0n) is 8.43. The predicted molar refractivity (Wildman–Crippen MR) is 60.8 cm³/mol. The fourth-order valence-electron chi connectivity index (χ4n) is 1.88. The molecule has 1 atom stereocenters. The largest absolute Gasteiger partial charge is 0.489 e. The highest BCUT2D eigenvalue weighted by Crippen LogP contribution is 2.29. The molecule has 2 aromatic rings. The quantitative estimate of drug-likeness (QED) is 0.769. The van der Waals surface area contributed by atoms with Crippen molar-refractivity contribution in [3.8, 4) is 11.4 Å². The Balaban J connectivity index is 2.20. The molecule has 0 radical (unpaired) electrons. The van der Waals surface area contributed by atoms with Gasteiger partial charge in [0.15, 0.2) is 0 Å². The van der Waals surface area contributed by atoms with E-state index in [1.807, 2.05) is 35.0 Å². The van der Waals surface area contributed by atoms with Crippen molar-refractivity contribution < 1.29 is 4.74 Å². The molecular weight excluding hydrogens is 226 g/mol. The second kappa shape index (κ2) is 3.81. The number of aromatic nitrogens is 2. The van der Waals surface area contributed by atoms with E-state index in [1.54, 1.807) is 6.20 Å². The number of imidazole rings is 1. The Morgan fingerprint density at radius 1 is 1.44 bits per heavy atom. The fraction of sp³-hybridized carbons (Fsp3) is 0.182. The van der Waals surface area contributed by atoms with Gasteiger partial charge in [-0.1, -0.05) is 12.1 Å². The molecule has 16 heavy (non-hydrogen) atoms. The van der Waals surface area contributed by atoms with Gasteiger partial charge in [-0.3, -0.25) is 4.57 Å². The first-order valence-electron chi connectivity index (χ1n) is 5.02. The fourth-order valence-corrected chi connectivity index (χ4v) is 2.04. The van der Waals surface area contributed by atoms with Crippen LogP contribution >= 0.6 is 11.8 Å². The minimum Gasteiger partial charge on any atom is -0.489 e. The van der Waals surface area contributed by atoms with Gasteiger partial charge in [0.1, 0.15) is 24.2 Å². The lowest BCUT2D eigenvalue weighted by molar-refractivity contribution is 0.285. The number of para-hydroxylation sites is 2. The number of hydrogen-bond donors (Lipinski definition) is 1. The molecule has 0 unspecified atom stereocenters. The Morgan fingerprint density at radius 3 is 3.19 bits per heavy atom. The van der Waals surface area contributed by atoms with E-state index in [0.29, 0.717) is 6.61 Å². The summed E-state index contributed by atoms with van der Waals surface area (Å²) in [6.45, 7) is 0.470. The van der Waals surface area contributed by atoms with Crippen molar-refractivity contribution >= 4 is 11.8 Å². The number of fused-ring (bicyclic) bond motifs is 3. The Morgan fingerprint density at radius 2 is 2.31 bits per heavy atom. The van der Waals surface area contributed by atoms with Gasteiger partial charge >= 0.3 is 0 Å². The lowest BCUT2D eigenvalue weighted by Gasteiger charge is -2.10. The van der Waals surface area contributed by atoms with Gasteiger partial charge in [0, 0.05) is 12.4 Å². The molecule has 1 N–H and O–H groups in total. The summed E-state index contributed by atoms with van der Waals surface area (Å²) >= 11 is 5.70. The molecule has 5 heteroatoms. The number of rotatable bonds is 1. The summed E-state index contributed by atoms with van der Waals surface area (Å²) in [4.78, 5) is 6.99. The molecule has 0 spiro atoms. The average Bonchev–Trinajstić information content (AvgIpc) is 2.74. The van der Waals surface area contributed by atoms with Crippen molar-refractivity contribution in [2.75, 3.05) is 6.61 Å². The van der Waals surface area contributed by atoms with E-state index >= 15 is 0 Å². The SMILES string of the molecule is ClN[C@@H]1COc2ccccc2-n2ccnc21. The maximum absolute atomic E-state index is 5.70. The summed E-state index contributed by atoms with van der Waals surface area (Å²) in [6, 6.07) is 7.75. The predicted octanol–water partition coefficient (Wildman–Crippen LogP) is 2.05. The second-order valence-corrected chi connectivity index (χ2v) is 3.81. The number of hydrogen-bond acceptors (Lipinski definition) is 3. The maximum atomic E-state index is 5.70. The van der Waals surface area contributed by atoms with Gasteiger partial charge in [-0.25, -0.2) is 9.82 Å². The van der Waals surface area contributed by atoms with Crippen LogP contribution in [0, 0.1) is 0 Å². The van der Waals surface area contributed by atoms with E-state index in [4.69, 9.17) is 16.5 Å². The van der Waals surface area contributed by atoms with Gasteiger partial charge in [-0.05, 0) is 23.9 Å². The lowest BCUT2D eigenvalue weighted by atomic mass is 10.3. The summed E-state index contributed by atoms with van der Waals surface area (Å²) in [5, 5.41) is 0. The molecule has 0 amide bonds. The summed E-state index contributed by atoms with van der Waals surface area (Å²) in [5.41, 5.74) is 0.990. The standard InChI is InChI=1S/C11H10ClN3O/c12-14-8-7-16-10-4-2-1-3-9(10)15-6-5-13-11(8)15/h1-6,8,14H,7H2/t8-/m1/s1. The van der Waals surface area contributed by atoms with Gasteiger partial charge in [-0.15, -0.1) is 0 Å². The van der Waals surface area contributed by atoms with E-state index < -0.39 is 0 Å². The molecule has 0 saturated carbocycles. The Kier molecular flexibility index (Phi) is 2.31. The third-order valence-corrected chi connectivity index (χ3v) is 2.91. The smallest absolute Gasteiger partial charge is 0.143 e. The van der Waals surface area contributed by atoms with Crippen LogP contribution in [0.2, 0.25) is 0 Å². The average molecular weight is 236 g/mol. The van der Waals surface area contributed by atoms with E-state index in [1.165, 1.54) is 0 Å². The molecule has 4 nitrogen and oxygen atoms in total. The first-order valence-corrected chi connectivity index (χ1v) is 5.39. The molecule has 1 aromatic carbocycles. The normalized spacial score (nSPS) is 18.2. The number of benzene rings is 1. The van der Waals surface area contributed by atoms with Crippen LogP contribution in [0.4, 0.5) is 0 Å². The van der Waals surface area contributed by atoms with Crippen molar-refractivity contribution in [3.63, 3.8) is 0 Å².